The Morgan fingerprint density at radius 3 is 2.88 bits per heavy atom. The lowest BCUT2D eigenvalue weighted by Crippen LogP contribution is -2.30. The van der Waals surface area contributed by atoms with E-state index in [0.717, 1.165) is 54.7 Å². The zero-order valence-electron chi connectivity index (χ0n) is 13.3. The molecule has 8 heteroatoms. The predicted octanol–water partition coefficient (Wildman–Crippen LogP) is 2.22. The summed E-state index contributed by atoms with van der Waals surface area (Å²) in [4.78, 5) is 18.0. The maximum atomic E-state index is 10.6. The van der Waals surface area contributed by atoms with Crippen molar-refractivity contribution in [3.05, 3.63) is 24.3 Å². The molecule has 3 aromatic rings. The second-order valence-electron chi connectivity index (χ2n) is 6.56. The fourth-order valence-corrected chi connectivity index (χ4v) is 3.70. The van der Waals surface area contributed by atoms with Gasteiger partial charge in [0, 0.05) is 19.2 Å². The van der Waals surface area contributed by atoms with Crippen LogP contribution in [-0.4, -0.2) is 42.3 Å². The summed E-state index contributed by atoms with van der Waals surface area (Å²) in [6, 6.07) is 2.00. The van der Waals surface area contributed by atoms with E-state index in [1.807, 2.05) is 12.3 Å². The van der Waals surface area contributed by atoms with Crippen LogP contribution in [-0.2, 0) is 6.42 Å². The SMILES string of the molecule is O=C(O)NC[C@H]1CC[C@H](Cc2nnc3cnc4[nH]ccc4n23)CC1. The first-order valence-electron chi connectivity index (χ1n) is 8.33. The molecule has 8 nitrogen and oxygen atoms in total. The molecule has 4 rings (SSSR count). The van der Waals surface area contributed by atoms with Gasteiger partial charge in [-0.3, -0.25) is 4.40 Å². The Morgan fingerprint density at radius 2 is 2.08 bits per heavy atom. The van der Waals surface area contributed by atoms with Crippen LogP contribution in [0.3, 0.4) is 0 Å². The third-order valence-electron chi connectivity index (χ3n) is 4.99. The van der Waals surface area contributed by atoms with Crippen LogP contribution in [0.2, 0.25) is 0 Å². The van der Waals surface area contributed by atoms with Gasteiger partial charge in [-0.2, -0.15) is 0 Å². The van der Waals surface area contributed by atoms with Gasteiger partial charge >= 0.3 is 6.09 Å². The molecular weight excluding hydrogens is 308 g/mol. The number of nitrogens with one attached hydrogen (secondary N) is 2. The summed E-state index contributed by atoms with van der Waals surface area (Å²) in [7, 11) is 0. The summed E-state index contributed by atoms with van der Waals surface area (Å²) in [5.41, 5.74) is 2.62. The van der Waals surface area contributed by atoms with Crippen LogP contribution in [0.5, 0.6) is 0 Å². The van der Waals surface area contributed by atoms with Gasteiger partial charge in [0.15, 0.2) is 11.3 Å². The van der Waals surface area contributed by atoms with E-state index in [4.69, 9.17) is 5.11 Å². The number of fused-ring (bicyclic) bond motifs is 3. The number of hydrogen-bond acceptors (Lipinski definition) is 4. The Morgan fingerprint density at radius 1 is 1.29 bits per heavy atom. The quantitative estimate of drug-likeness (QED) is 0.680. The van der Waals surface area contributed by atoms with Gasteiger partial charge in [-0.1, -0.05) is 0 Å². The number of carboxylic acid groups (broad SMARTS) is 1. The summed E-state index contributed by atoms with van der Waals surface area (Å²) >= 11 is 0. The summed E-state index contributed by atoms with van der Waals surface area (Å²) < 4.78 is 2.08. The Labute approximate surface area is 138 Å². The predicted molar refractivity (Wildman–Crippen MR) is 87.8 cm³/mol. The average Bonchev–Trinajstić information content (AvgIpc) is 3.20. The molecule has 1 saturated carbocycles. The van der Waals surface area contributed by atoms with Crippen LogP contribution in [0.25, 0.3) is 16.8 Å². The lowest BCUT2D eigenvalue weighted by atomic mass is 9.80. The normalized spacial score (nSPS) is 21.3. The topological polar surface area (TPSA) is 108 Å². The van der Waals surface area contributed by atoms with Crippen LogP contribution in [0, 0.1) is 11.8 Å². The smallest absolute Gasteiger partial charge is 0.404 e. The van der Waals surface area contributed by atoms with Crippen LogP contribution in [0.15, 0.2) is 18.5 Å². The highest BCUT2D eigenvalue weighted by Gasteiger charge is 2.23. The molecule has 126 valence electrons. The highest BCUT2D eigenvalue weighted by molar-refractivity contribution is 5.74. The van der Waals surface area contributed by atoms with Gasteiger partial charge in [-0.15, -0.1) is 10.2 Å². The van der Waals surface area contributed by atoms with Crippen LogP contribution < -0.4 is 5.32 Å². The standard InChI is InChI=1S/C16H20N6O2/c23-16(24)19-8-11-3-1-10(2-4-11)7-13-20-21-14-9-18-15-12(22(13)14)5-6-17-15/h5-6,9-11,17,19H,1-4,7-8H2,(H,23,24)/t10-,11-. The minimum absolute atomic E-state index is 0.452. The first-order chi connectivity index (χ1) is 11.7. The molecule has 0 saturated heterocycles. The molecule has 0 bridgehead atoms. The highest BCUT2D eigenvalue weighted by atomic mass is 16.4. The number of nitrogens with zero attached hydrogens (tertiary/aromatic N) is 4. The summed E-state index contributed by atoms with van der Waals surface area (Å²) in [6.45, 7) is 0.561. The molecule has 3 N–H and O–H groups in total. The van der Waals surface area contributed by atoms with E-state index >= 15 is 0 Å². The largest absolute Gasteiger partial charge is 0.465 e. The van der Waals surface area contributed by atoms with Crippen molar-refractivity contribution in [3.8, 4) is 0 Å². The summed E-state index contributed by atoms with van der Waals surface area (Å²) in [5.74, 6) is 2.00. The molecule has 0 radical (unpaired) electrons. The van der Waals surface area contributed by atoms with Crippen molar-refractivity contribution in [2.45, 2.75) is 32.1 Å². The number of carbonyl (C=O) groups is 1. The first kappa shape index (κ1) is 14.9. The number of aromatic amines is 1. The van der Waals surface area contributed by atoms with Crippen molar-refractivity contribution in [2.24, 2.45) is 11.8 Å². The molecule has 0 aromatic carbocycles. The zero-order chi connectivity index (χ0) is 16.5. The molecular formula is C16H20N6O2. The molecule has 1 aliphatic carbocycles. The Hall–Kier alpha value is -2.64. The molecule has 0 unspecified atom stereocenters. The van der Waals surface area contributed by atoms with Crippen molar-refractivity contribution in [3.63, 3.8) is 0 Å². The second kappa shape index (κ2) is 6.10. The number of amides is 1. The van der Waals surface area contributed by atoms with Crippen molar-refractivity contribution in [2.75, 3.05) is 6.54 Å². The van der Waals surface area contributed by atoms with Gasteiger partial charge in [-0.05, 0) is 43.6 Å². The van der Waals surface area contributed by atoms with Gasteiger partial charge in [0.2, 0.25) is 0 Å². The fourth-order valence-electron chi connectivity index (χ4n) is 3.70. The Balaban J connectivity index is 1.46. The molecule has 24 heavy (non-hydrogen) atoms. The van der Waals surface area contributed by atoms with E-state index in [1.165, 1.54) is 0 Å². The van der Waals surface area contributed by atoms with E-state index < -0.39 is 6.09 Å². The molecule has 3 aromatic heterocycles. The Kier molecular flexibility index (Phi) is 3.79. The zero-order valence-corrected chi connectivity index (χ0v) is 13.3. The van der Waals surface area contributed by atoms with E-state index in [9.17, 15) is 4.79 Å². The molecule has 0 aliphatic heterocycles. The number of rotatable bonds is 4. The van der Waals surface area contributed by atoms with Gasteiger partial charge in [0.05, 0.1) is 11.7 Å². The minimum atomic E-state index is -0.934. The van der Waals surface area contributed by atoms with Gasteiger partial charge < -0.3 is 15.4 Å². The maximum Gasteiger partial charge on any atom is 0.404 e. The second-order valence-corrected chi connectivity index (χ2v) is 6.56. The Bertz CT molecular complexity index is 862. The van der Waals surface area contributed by atoms with Gasteiger partial charge in [-0.25, -0.2) is 9.78 Å². The third-order valence-corrected chi connectivity index (χ3v) is 4.99. The summed E-state index contributed by atoms with van der Waals surface area (Å²) in [5, 5.41) is 19.8. The van der Waals surface area contributed by atoms with Crippen LogP contribution in [0.4, 0.5) is 4.79 Å². The van der Waals surface area contributed by atoms with Crippen LogP contribution >= 0.6 is 0 Å². The van der Waals surface area contributed by atoms with E-state index in [2.05, 4.69) is 29.9 Å². The van der Waals surface area contributed by atoms with Crippen molar-refractivity contribution >= 4 is 22.9 Å². The third kappa shape index (κ3) is 2.79. The van der Waals surface area contributed by atoms with E-state index in [0.29, 0.717) is 18.4 Å². The van der Waals surface area contributed by atoms with Crippen molar-refractivity contribution in [1.82, 2.24) is 29.9 Å². The lowest BCUT2D eigenvalue weighted by molar-refractivity contribution is 0.188. The number of aromatic nitrogens is 5. The van der Waals surface area contributed by atoms with E-state index in [-0.39, 0.29) is 0 Å². The minimum Gasteiger partial charge on any atom is -0.465 e. The van der Waals surface area contributed by atoms with Crippen molar-refractivity contribution < 1.29 is 9.90 Å². The van der Waals surface area contributed by atoms with Gasteiger partial charge in [0.1, 0.15) is 5.82 Å². The molecule has 0 atom stereocenters. The van der Waals surface area contributed by atoms with Crippen LogP contribution in [0.1, 0.15) is 31.5 Å². The molecule has 0 spiro atoms. The monoisotopic (exact) mass is 328 g/mol. The first-order valence-corrected chi connectivity index (χ1v) is 8.33. The van der Waals surface area contributed by atoms with E-state index in [1.54, 1.807) is 6.20 Å². The average molecular weight is 328 g/mol. The molecule has 1 fully saturated rings. The lowest BCUT2D eigenvalue weighted by Gasteiger charge is -2.27. The van der Waals surface area contributed by atoms with Gasteiger partial charge in [0.25, 0.3) is 0 Å². The maximum absolute atomic E-state index is 10.6. The fraction of sp³-hybridized carbons (Fsp3) is 0.500. The molecule has 3 heterocycles. The molecule has 1 amide bonds. The molecule has 1 aliphatic rings. The summed E-state index contributed by atoms with van der Waals surface area (Å²) in [6.07, 6.45) is 7.89. The van der Waals surface area contributed by atoms with Crippen molar-refractivity contribution in [1.29, 1.82) is 0 Å². The highest BCUT2D eigenvalue weighted by Crippen LogP contribution is 2.30. The number of hydrogen-bond donors (Lipinski definition) is 3. The number of H-pyrrole nitrogens is 1.